The normalized spacial score (nSPS) is 14.8. The first-order valence-corrected chi connectivity index (χ1v) is 10.1. The van der Waals surface area contributed by atoms with Gasteiger partial charge in [-0.25, -0.2) is 0 Å². The molecule has 6 heteroatoms. The molecule has 0 aliphatic carbocycles. The number of rotatable bonds is 6. The summed E-state index contributed by atoms with van der Waals surface area (Å²) in [5, 5.41) is 3.05. The highest BCUT2D eigenvalue weighted by Gasteiger charge is 2.23. The molecule has 27 heavy (non-hydrogen) atoms. The molecule has 1 saturated heterocycles. The molecule has 5 nitrogen and oxygen atoms in total. The number of aryl methyl sites for hydroxylation is 1. The monoisotopic (exact) mass is 429 g/mol. The predicted molar refractivity (Wildman–Crippen MR) is 108 cm³/mol. The standard InChI is InChI=1S/C21H24BrN3O2/c22-19-6-3-16(4-7-19)5-8-20(26)24-14-17-9-12-25(13-10-17)21(27)18-2-1-11-23-15-18/h1-4,6-7,11,15,17H,5,8-10,12-14H2,(H,24,26). The number of aromatic nitrogens is 1. The highest BCUT2D eigenvalue weighted by atomic mass is 79.9. The van der Waals surface area contributed by atoms with E-state index >= 15 is 0 Å². The van der Waals surface area contributed by atoms with Crippen molar-refractivity contribution in [2.24, 2.45) is 5.92 Å². The molecular weight excluding hydrogens is 406 g/mol. The van der Waals surface area contributed by atoms with Crippen LogP contribution in [0.4, 0.5) is 0 Å². The lowest BCUT2D eigenvalue weighted by atomic mass is 9.96. The number of nitrogens with zero attached hydrogens (tertiary/aromatic N) is 2. The van der Waals surface area contributed by atoms with E-state index in [-0.39, 0.29) is 11.8 Å². The van der Waals surface area contributed by atoms with Gasteiger partial charge in [0.2, 0.25) is 5.91 Å². The fraction of sp³-hybridized carbons (Fsp3) is 0.381. The third kappa shape index (κ3) is 5.89. The number of carbonyl (C=O) groups excluding carboxylic acids is 2. The molecule has 1 N–H and O–H groups in total. The Balaban J connectivity index is 1.36. The maximum atomic E-state index is 12.4. The van der Waals surface area contributed by atoms with Gasteiger partial charge in [0.05, 0.1) is 5.56 Å². The average Bonchev–Trinajstić information content (AvgIpc) is 2.72. The Morgan fingerprint density at radius 1 is 1.15 bits per heavy atom. The molecule has 0 bridgehead atoms. The first-order chi connectivity index (χ1) is 13.1. The Bertz CT molecular complexity index is 757. The maximum Gasteiger partial charge on any atom is 0.255 e. The predicted octanol–water partition coefficient (Wildman–Crippen LogP) is 3.45. The zero-order chi connectivity index (χ0) is 19.1. The van der Waals surface area contributed by atoms with Crippen molar-refractivity contribution in [3.8, 4) is 0 Å². The quantitative estimate of drug-likeness (QED) is 0.764. The fourth-order valence-electron chi connectivity index (χ4n) is 3.27. The van der Waals surface area contributed by atoms with Gasteiger partial charge >= 0.3 is 0 Å². The number of likely N-dealkylation sites (tertiary alicyclic amines) is 1. The zero-order valence-electron chi connectivity index (χ0n) is 15.2. The average molecular weight is 430 g/mol. The SMILES string of the molecule is O=C(CCc1ccc(Br)cc1)NCC1CCN(C(=O)c2cccnc2)CC1. The van der Waals surface area contributed by atoms with E-state index < -0.39 is 0 Å². The van der Waals surface area contributed by atoms with Gasteiger partial charge < -0.3 is 10.2 Å². The summed E-state index contributed by atoms with van der Waals surface area (Å²) in [7, 11) is 0. The van der Waals surface area contributed by atoms with Crippen LogP contribution in [-0.4, -0.2) is 41.3 Å². The Hall–Kier alpha value is -2.21. The molecule has 1 aromatic heterocycles. The Labute approximate surface area is 168 Å². The Morgan fingerprint density at radius 3 is 2.56 bits per heavy atom. The van der Waals surface area contributed by atoms with Crippen LogP contribution in [0.25, 0.3) is 0 Å². The molecule has 1 fully saturated rings. The second-order valence-corrected chi connectivity index (χ2v) is 7.82. The van der Waals surface area contributed by atoms with Crippen LogP contribution in [0.1, 0.15) is 35.2 Å². The van der Waals surface area contributed by atoms with E-state index in [2.05, 4.69) is 26.2 Å². The van der Waals surface area contributed by atoms with E-state index in [1.807, 2.05) is 29.2 Å². The molecule has 1 aliphatic heterocycles. The summed E-state index contributed by atoms with van der Waals surface area (Å²) in [5.74, 6) is 0.562. The van der Waals surface area contributed by atoms with E-state index in [9.17, 15) is 9.59 Å². The molecule has 2 amide bonds. The lowest BCUT2D eigenvalue weighted by molar-refractivity contribution is -0.121. The minimum absolute atomic E-state index is 0.0417. The molecule has 0 unspecified atom stereocenters. The van der Waals surface area contributed by atoms with Gasteiger partial charge in [-0.15, -0.1) is 0 Å². The van der Waals surface area contributed by atoms with Crippen molar-refractivity contribution in [2.45, 2.75) is 25.7 Å². The van der Waals surface area contributed by atoms with Crippen molar-refractivity contribution in [3.63, 3.8) is 0 Å². The van der Waals surface area contributed by atoms with Crippen molar-refractivity contribution in [3.05, 3.63) is 64.4 Å². The summed E-state index contributed by atoms with van der Waals surface area (Å²) >= 11 is 3.41. The molecule has 0 saturated carbocycles. The van der Waals surface area contributed by atoms with Crippen molar-refractivity contribution in [2.75, 3.05) is 19.6 Å². The number of hydrogen-bond donors (Lipinski definition) is 1. The number of benzene rings is 1. The number of pyridine rings is 1. The van der Waals surface area contributed by atoms with Crippen LogP contribution in [0, 0.1) is 5.92 Å². The molecule has 0 spiro atoms. The van der Waals surface area contributed by atoms with Crippen LogP contribution in [0.2, 0.25) is 0 Å². The number of hydrogen-bond acceptors (Lipinski definition) is 3. The first kappa shape index (κ1) is 19.5. The van der Waals surface area contributed by atoms with Crippen LogP contribution in [0.15, 0.2) is 53.3 Å². The molecule has 2 aromatic rings. The van der Waals surface area contributed by atoms with Crippen LogP contribution in [0.3, 0.4) is 0 Å². The molecule has 142 valence electrons. The number of nitrogens with one attached hydrogen (secondary N) is 1. The van der Waals surface area contributed by atoms with Crippen molar-refractivity contribution in [1.29, 1.82) is 0 Å². The summed E-state index contributed by atoms with van der Waals surface area (Å²) < 4.78 is 1.05. The molecule has 2 heterocycles. The smallest absolute Gasteiger partial charge is 0.255 e. The van der Waals surface area contributed by atoms with Crippen molar-refractivity contribution >= 4 is 27.7 Å². The number of carbonyl (C=O) groups is 2. The van der Waals surface area contributed by atoms with Crippen molar-refractivity contribution < 1.29 is 9.59 Å². The van der Waals surface area contributed by atoms with Gasteiger partial charge in [0.1, 0.15) is 0 Å². The van der Waals surface area contributed by atoms with E-state index in [1.165, 1.54) is 0 Å². The number of halogens is 1. The van der Waals surface area contributed by atoms with Crippen LogP contribution >= 0.6 is 15.9 Å². The third-order valence-corrected chi connectivity index (χ3v) is 5.48. The largest absolute Gasteiger partial charge is 0.356 e. The van der Waals surface area contributed by atoms with E-state index in [0.717, 1.165) is 42.4 Å². The molecule has 1 aromatic carbocycles. The zero-order valence-corrected chi connectivity index (χ0v) is 16.8. The number of piperidine rings is 1. The summed E-state index contributed by atoms with van der Waals surface area (Å²) in [6.07, 6.45) is 6.36. The maximum absolute atomic E-state index is 12.4. The summed E-state index contributed by atoms with van der Waals surface area (Å²) in [5.41, 5.74) is 1.80. The topological polar surface area (TPSA) is 62.3 Å². The van der Waals surface area contributed by atoms with Gasteiger partial charge in [-0.05, 0) is 55.0 Å². The minimum atomic E-state index is 0.0417. The Kier molecular flexibility index (Phi) is 6.98. The molecule has 1 aliphatic rings. The van der Waals surface area contributed by atoms with E-state index in [1.54, 1.807) is 24.5 Å². The molecule has 3 rings (SSSR count). The summed E-state index contributed by atoms with van der Waals surface area (Å²) in [6, 6.07) is 11.6. The Morgan fingerprint density at radius 2 is 1.89 bits per heavy atom. The second kappa shape index (κ2) is 9.65. The van der Waals surface area contributed by atoms with Gasteiger partial charge in [0.15, 0.2) is 0 Å². The van der Waals surface area contributed by atoms with Crippen LogP contribution in [-0.2, 0) is 11.2 Å². The molecular formula is C21H24BrN3O2. The highest BCUT2D eigenvalue weighted by Crippen LogP contribution is 2.18. The van der Waals surface area contributed by atoms with Gasteiger partial charge in [-0.2, -0.15) is 0 Å². The lowest BCUT2D eigenvalue weighted by Gasteiger charge is -2.32. The highest BCUT2D eigenvalue weighted by molar-refractivity contribution is 9.10. The van der Waals surface area contributed by atoms with Crippen LogP contribution < -0.4 is 5.32 Å². The molecule has 0 radical (unpaired) electrons. The van der Waals surface area contributed by atoms with Crippen LogP contribution in [0.5, 0.6) is 0 Å². The summed E-state index contributed by atoms with van der Waals surface area (Å²) in [6.45, 7) is 2.15. The summed E-state index contributed by atoms with van der Waals surface area (Å²) in [4.78, 5) is 30.4. The molecule has 0 atom stereocenters. The van der Waals surface area contributed by atoms with Gasteiger partial charge in [-0.3, -0.25) is 14.6 Å². The minimum Gasteiger partial charge on any atom is -0.356 e. The second-order valence-electron chi connectivity index (χ2n) is 6.91. The van der Waals surface area contributed by atoms with Gasteiger partial charge in [0.25, 0.3) is 5.91 Å². The fourth-order valence-corrected chi connectivity index (χ4v) is 3.53. The lowest BCUT2D eigenvalue weighted by Crippen LogP contribution is -2.41. The van der Waals surface area contributed by atoms with Gasteiger partial charge in [-0.1, -0.05) is 28.1 Å². The van der Waals surface area contributed by atoms with Crippen molar-refractivity contribution in [1.82, 2.24) is 15.2 Å². The third-order valence-electron chi connectivity index (χ3n) is 4.95. The van der Waals surface area contributed by atoms with E-state index in [4.69, 9.17) is 0 Å². The van der Waals surface area contributed by atoms with Gasteiger partial charge in [0, 0.05) is 42.9 Å². The van der Waals surface area contributed by atoms with E-state index in [0.29, 0.717) is 24.4 Å². The first-order valence-electron chi connectivity index (χ1n) is 9.32. The number of amides is 2.